The van der Waals surface area contributed by atoms with E-state index >= 15 is 0 Å². The van der Waals surface area contributed by atoms with Gasteiger partial charge in [-0.15, -0.1) is 11.3 Å². The summed E-state index contributed by atoms with van der Waals surface area (Å²) >= 11 is 1.45. The smallest absolute Gasteiger partial charge is 0.293 e. The fourth-order valence-corrected chi connectivity index (χ4v) is 2.59. The summed E-state index contributed by atoms with van der Waals surface area (Å²) in [6.07, 6.45) is 0. The third-order valence-electron chi connectivity index (χ3n) is 3.07. The van der Waals surface area contributed by atoms with Crippen molar-refractivity contribution in [1.82, 2.24) is 4.98 Å². The van der Waals surface area contributed by atoms with E-state index in [1.165, 1.54) is 11.3 Å². The van der Waals surface area contributed by atoms with E-state index in [9.17, 15) is 10.1 Å². The Labute approximate surface area is 120 Å². The maximum Gasteiger partial charge on any atom is 0.293 e. The van der Waals surface area contributed by atoms with Crippen LogP contribution >= 0.6 is 11.3 Å². The van der Waals surface area contributed by atoms with Crippen LogP contribution in [0.2, 0.25) is 0 Å². The Kier molecular flexibility index (Phi) is 3.92. The maximum absolute atomic E-state index is 11.2. The molecule has 0 aliphatic heterocycles. The summed E-state index contributed by atoms with van der Waals surface area (Å²) in [5.41, 5.74) is 0.905. The number of hydrogen-bond donors (Lipinski definition) is 1. The van der Waals surface area contributed by atoms with Gasteiger partial charge < -0.3 is 10.1 Å². The van der Waals surface area contributed by atoms with E-state index in [-0.39, 0.29) is 10.6 Å². The lowest BCUT2D eigenvalue weighted by atomic mass is 10.1. The quantitative estimate of drug-likeness (QED) is 0.676. The number of fused-ring (bicyclic) bond motifs is 1. The molecule has 7 heteroatoms. The standard InChI is InChI=1S/C13H17N3O3S/c1-8-15-10-5-9(14-7-13(2,3)19-4)11(16(17)18)6-12(10)20-8/h5-6,14H,7H2,1-4H3. The molecule has 1 heterocycles. The summed E-state index contributed by atoms with van der Waals surface area (Å²) in [6.45, 7) is 6.19. The molecule has 1 N–H and O–H groups in total. The first kappa shape index (κ1) is 14.7. The lowest BCUT2D eigenvalue weighted by Crippen LogP contribution is -2.32. The molecule has 0 amide bonds. The molecule has 1 aromatic carbocycles. The van der Waals surface area contributed by atoms with E-state index in [4.69, 9.17) is 4.74 Å². The Bertz CT molecular complexity index is 652. The van der Waals surface area contributed by atoms with Crippen LogP contribution in [0, 0.1) is 17.0 Å². The van der Waals surface area contributed by atoms with Crippen molar-refractivity contribution in [3.63, 3.8) is 0 Å². The summed E-state index contributed by atoms with van der Waals surface area (Å²) in [4.78, 5) is 15.2. The second-order valence-electron chi connectivity index (χ2n) is 5.14. The predicted molar refractivity (Wildman–Crippen MR) is 80.6 cm³/mol. The minimum Gasteiger partial charge on any atom is -0.377 e. The Morgan fingerprint density at radius 1 is 1.50 bits per heavy atom. The van der Waals surface area contributed by atoms with Crippen molar-refractivity contribution in [3.05, 3.63) is 27.3 Å². The van der Waals surface area contributed by atoms with Crippen LogP contribution in [0.3, 0.4) is 0 Å². The number of nitro groups is 1. The number of nitrogens with one attached hydrogen (secondary N) is 1. The van der Waals surface area contributed by atoms with Gasteiger partial charge in [-0.3, -0.25) is 10.1 Å². The third-order valence-corrected chi connectivity index (χ3v) is 4.00. The topological polar surface area (TPSA) is 77.3 Å². The molecule has 0 saturated carbocycles. The van der Waals surface area contributed by atoms with Crippen LogP contribution in [0.15, 0.2) is 12.1 Å². The number of hydrogen-bond acceptors (Lipinski definition) is 6. The minimum atomic E-state index is -0.402. The highest BCUT2D eigenvalue weighted by Gasteiger charge is 2.21. The number of rotatable bonds is 5. The van der Waals surface area contributed by atoms with Gasteiger partial charge in [0.2, 0.25) is 0 Å². The minimum absolute atomic E-state index is 0.0630. The van der Waals surface area contributed by atoms with Crippen LogP contribution in [0.5, 0.6) is 0 Å². The van der Waals surface area contributed by atoms with E-state index in [0.717, 1.165) is 15.2 Å². The third kappa shape index (κ3) is 3.05. The molecular weight excluding hydrogens is 278 g/mol. The fraction of sp³-hybridized carbons (Fsp3) is 0.462. The van der Waals surface area contributed by atoms with Crippen LogP contribution in [0.25, 0.3) is 10.2 Å². The van der Waals surface area contributed by atoms with Gasteiger partial charge in [-0.25, -0.2) is 4.98 Å². The molecule has 2 rings (SSSR count). The highest BCUT2D eigenvalue weighted by Crippen LogP contribution is 2.33. The molecule has 0 aliphatic rings. The molecule has 20 heavy (non-hydrogen) atoms. The van der Waals surface area contributed by atoms with Crippen LogP contribution in [0.1, 0.15) is 18.9 Å². The molecule has 0 bridgehead atoms. The molecule has 0 saturated heterocycles. The molecule has 0 spiro atoms. The zero-order valence-electron chi connectivity index (χ0n) is 11.9. The SMILES string of the molecule is COC(C)(C)CNc1cc2nc(C)sc2cc1[N+](=O)[O-]. The van der Waals surface area contributed by atoms with Gasteiger partial charge >= 0.3 is 0 Å². The van der Waals surface area contributed by atoms with E-state index in [2.05, 4.69) is 10.3 Å². The first-order valence-electron chi connectivity index (χ1n) is 6.17. The van der Waals surface area contributed by atoms with Gasteiger partial charge in [0, 0.05) is 19.7 Å². The van der Waals surface area contributed by atoms with Crippen LogP contribution in [-0.4, -0.2) is 29.2 Å². The zero-order valence-corrected chi connectivity index (χ0v) is 12.7. The Hall–Kier alpha value is -1.73. The second kappa shape index (κ2) is 5.34. The first-order valence-corrected chi connectivity index (χ1v) is 6.98. The summed E-state index contributed by atoms with van der Waals surface area (Å²) in [7, 11) is 1.61. The Balaban J connectivity index is 2.39. The van der Waals surface area contributed by atoms with Crippen molar-refractivity contribution in [2.24, 2.45) is 0 Å². The molecule has 108 valence electrons. The lowest BCUT2D eigenvalue weighted by Gasteiger charge is -2.23. The molecule has 0 aliphatic carbocycles. The first-order chi connectivity index (χ1) is 9.32. The van der Waals surface area contributed by atoms with Gasteiger partial charge in [0.05, 0.1) is 25.7 Å². The van der Waals surface area contributed by atoms with Crippen LogP contribution in [-0.2, 0) is 4.74 Å². The fourth-order valence-electron chi connectivity index (χ4n) is 1.75. The van der Waals surface area contributed by atoms with E-state index in [1.807, 2.05) is 20.8 Å². The molecular formula is C13H17N3O3S. The number of nitrogens with zero attached hydrogens (tertiary/aromatic N) is 2. The van der Waals surface area contributed by atoms with Crippen molar-refractivity contribution in [1.29, 1.82) is 0 Å². The average molecular weight is 295 g/mol. The Morgan fingerprint density at radius 2 is 2.20 bits per heavy atom. The zero-order chi connectivity index (χ0) is 14.9. The number of nitro benzene ring substituents is 1. The molecule has 6 nitrogen and oxygen atoms in total. The van der Waals surface area contributed by atoms with Gasteiger partial charge in [-0.2, -0.15) is 0 Å². The Morgan fingerprint density at radius 3 is 2.80 bits per heavy atom. The lowest BCUT2D eigenvalue weighted by molar-refractivity contribution is -0.383. The normalized spacial score (nSPS) is 11.8. The second-order valence-corrected chi connectivity index (χ2v) is 6.38. The molecule has 2 aromatic rings. The molecule has 0 unspecified atom stereocenters. The van der Waals surface area contributed by atoms with E-state index in [0.29, 0.717) is 12.2 Å². The predicted octanol–water partition coefficient (Wildman–Crippen LogP) is 3.35. The highest BCUT2D eigenvalue weighted by atomic mass is 32.1. The number of thiazole rings is 1. The largest absolute Gasteiger partial charge is 0.377 e. The number of benzene rings is 1. The molecule has 0 fully saturated rings. The number of aromatic nitrogens is 1. The number of ether oxygens (including phenoxy) is 1. The van der Waals surface area contributed by atoms with Crippen molar-refractivity contribution in [2.75, 3.05) is 19.0 Å². The summed E-state index contributed by atoms with van der Waals surface area (Å²) in [5, 5.41) is 15.2. The van der Waals surface area contributed by atoms with Gasteiger partial charge in [-0.05, 0) is 26.8 Å². The average Bonchev–Trinajstić information content (AvgIpc) is 2.74. The molecule has 1 aromatic heterocycles. The van der Waals surface area contributed by atoms with E-state index in [1.54, 1.807) is 19.2 Å². The van der Waals surface area contributed by atoms with Crippen molar-refractivity contribution in [3.8, 4) is 0 Å². The summed E-state index contributed by atoms with van der Waals surface area (Å²) < 4.78 is 6.13. The number of methoxy groups -OCH3 is 1. The van der Waals surface area contributed by atoms with Crippen LogP contribution < -0.4 is 5.32 Å². The maximum atomic E-state index is 11.2. The molecule has 0 radical (unpaired) electrons. The summed E-state index contributed by atoms with van der Waals surface area (Å²) in [6, 6.07) is 3.30. The van der Waals surface area contributed by atoms with Crippen molar-refractivity contribution < 1.29 is 9.66 Å². The molecule has 0 atom stereocenters. The van der Waals surface area contributed by atoms with Gasteiger partial charge in [0.25, 0.3) is 5.69 Å². The summed E-state index contributed by atoms with van der Waals surface area (Å²) in [5.74, 6) is 0. The van der Waals surface area contributed by atoms with Gasteiger partial charge in [0.1, 0.15) is 5.69 Å². The van der Waals surface area contributed by atoms with Gasteiger partial charge in [0.15, 0.2) is 0 Å². The van der Waals surface area contributed by atoms with Crippen molar-refractivity contribution in [2.45, 2.75) is 26.4 Å². The van der Waals surface area contributed by atoms with Gasteiger partial charge in [-0.1, -0.05) is 0 Å². The monoisotopic (exact) mass is 295 g/mol. The van der Waals surface area contributed by atoms with Crippen LogP contribution in [0.4, 0.5) is 11.4 Å². The van der Waals surface area contributed by atoms with E-state index < -0.39 is 5.60 Å². The number of aryl methyl sites for hydroxylation is 1. The highest BCUT2D eigenvalue weighted by molar-refractivity contribution is 7.18. The van der Waals surface area contributed by atoms with Crippen molar-refractivity contribution >= 4 is 32.9 Å². The number of anilines is 1.